The van der Waals surface area contributed by atoms with Crippen molar-refractivity contribution < 1.29 is 9.90 Å². The Morgan fingerprint density at radius 2 is 2.18 bits per heavy atom. The summed E-state index contributed by atoms with van der Waals surface area (Å²) in [6, 6.07) is 0. The molecule has 2 aliphatic carbocycles. The lowest BCUT2D eigenvalue weighted by Crippen LogP contribution is -2.55. The molecule has 2 fully saturated rings. The third kappa shape index (κ3) is 0.700. The molecule has 1 N–H and O–H groups in total. The zero-order valence-corrected chi connectivity index (χ0v) is 6.84. The fraction of sp³-hybridized carbons (Fsp3) is 0.889. The Labute approximate surface area is 66.6 Å². The Morgan fingerprint density at radius 3 is 2.36 bits per heavy atom. The topological polar surface area (TPSA) is 37.3 Å². The predicted octanol–water partition coefficient (Wildman–Crippen LogP) is 1.90. The van der Waals surface area contributed by atoms with E-state index in [2.05, 4.69) is 6.92 Å². The zero-order valence-electron chi connectivity index (χ0n) is 6.84. The molecule has 1 spiro atoms. The highest BCUT2D eigenvalue weighted by Crippen LogP contribution is 2.63. The van der Waals surface area contributed by atoms with Crippen LogP contribution in [0.3, 0.4) is 0 Å². The molecule has 11 heavy (non-hydrogen) atoms. The van der Waals surface area contributed by atoms with E-state index in [4.69, 9.17) is 5.11 Å². The highest BCUT2D eigenvalue weighted by Gasteiger charge is 2.58. The third-order valence-electron chi connectivity index (χ3n) is 3.85. The second kappa shape index (κ2) is 1.99. The van der Waals surface area contributed by atoms with Crippen LogP contribution in [0, 0.1) is 17.3 Å². The van der Waals surface area contributed by atoms with Gasteiger partial charge in [0.1, 0.15) is 0 Å². The van der Waals surface area contributed by atoms with Gasteiger partial charge in [-0.25, -0.2) is 0 Å². The van der Waals surface area contributed by atoms with Crippen molar-refractivity contribution in [2.75, 3.05) is 0 Å². The fourth-order valence-corrected chi connectivity index (χ4v) is 2.78. The predicted molar refractivity (Wildman–Crippen MR) is 41.2 cm³/mol. The number of aliphatic carboxylic acids is 1. The van der Waals surface area contributed by atoms with Crippen molar-refractivity contribution in [1.82, 2.24) is 0 Å². The lowest BCUT2D eigenvalue weighted by molar-refractivity contribution is -0.173. The van der Waals surface area contributed by atoms with Gasteiger partial charge in [0.05, 0.1) is 5.92 Å². The molecule has 0 aliphatic heterocycles. The number of rotatable bonds is 1. The summed E-state index contributed by atoms with van der Waals surface area (Å²) in [5.41, 5.74) is 0.242. The van der Waals surface area contributed by atoms with Crippen molar-refractivity contribution in [3.63, 3.8) is 0 Å². The maximum Gasteiger partial charge on any atom is 0.307 e. The first-order chi connectivity index (χ1) is 5.17. The van der Waals surface area contributed by atoms with Gasteiger partial charge in [0, 0.05) is 0 Å². The van der Waals surface area contributed by atoms with Crippen LogP contribution >= 0.6 is 0 Å². The molecule has 62 valence electrons. The van der Waals surface area contributed by atoms with Crippen LogP contribution in [0.1, 0.15) is 32.6 Å². The largest absolute Gasteiger partial charge is 0.481 e. The molecule has 0 amide bonds. The molecule has 0 aromatic heterocycles. The average molecular weight is 154 g/mol. The van der Waals surface area contributed by atoms with E-state index >= 15 is 0 Å². The van der Waals surface area contributed by atoms with E-state index in [1.807, 2.05) is 0 Å². The van der Waals surface area contributed by atoms with E-state index < -0.39 is 5.97 Å². The fourth-order valence-electron chi connectivity index (χ4n) is 2.78. The third-order valence-corrected chi connectivity index (χ3v) is 3.85. The van der Waals surface area contributed by atoms with Crippen molar-refractivity contribution in [2.45, 2.75) is 32.6 Å². The van der Waals surface area contributed by atoms with E-state index in [1.165, 1.54) is 6.42 Å². The summed E-state index contributed by atoms with van der Waals surface area (Å²) in [7, 11) is 0. The molecular weight excluding hydrogens is 140 g/mol. The van der Waals surface area contributed by atoms with Gasteiger partial charge >= 0.3 is 5.97 Å². The van der Waals surface area contributed by atoms with E-state index in [0.29, 0.717) is 5.92 Å². The maximum atomic E-state index is 10.7. The van der Waals surface area contributed by atoms with Crippen molar-refractivity contribution in [3.8, 4) is 0 Å². The van der Waals surface area contributed by atoms with Crippen LogP contribution < -0.4 is 0 Å². The Bertz CT molecular complexity index is 194. The summed E-state index contributed by atoms with van der Waals surface area (Å²) < 4.78 is 0. The Hall–Kier alpha value is -0.530. The van der Waals surface area contributed by atoms with Crippen molar-refractivity contribution >= 4 is 5.97 Å². The quantitative estimate of drug-likeness (QED) is 0.626. The van der Waals surface area contributed by atoms with Crippen molar-refractivity contribution in [3.05, 3.63) is 0 Å². The van der Waals surface area contributed by atoms with Gasteiger partial charge in [-0.05, 0) is 30.6 Å². The number of carboxylic acids is 1. The molecule has 2 aliphatic rings. The van der Waals surface area contributed by atoms with Gasteiger partial charge in [-0.15, -0.1) is 0 Å². The number of hydrogen-bond donors (Lipinski definition) is 1. The van der Waals surface area contributed by atoms with Crippen LogP contribution in [0.4, 0.5) is 0 Å². The highest BCUT2D eigenvalue weighted by molar-refractivity contribution is 5.72. The Kier molecular flexibility index (Phi) is 1.29. The maximum absolute atomic E-state index is 10.7. The van der Waals surface area contributed by atoms with Crippen LogP contribution in [0.2, 0.25) is 0 Å². The van der Waals surface area contributed by atoms with Crippen LogP contribution in [0.25, 0.3) is 0 Å². The molecule has 0 bridgehead atoms. The normalized spacial score (nSPS) is 39.4. The van der Waals surface area contributed by atoms with Gasteiger partial charge in [-0.3, -0.25) is 4.79 Å². The van der Waals surface area contributed by atoms with Crippen LogP contribution in [0.5, 0.6) is 0 Å². The van der Waals surface area contributed by atoms with Gasteiger partial charge < -0.3 is 5.11 Å². The number of carboxylic acid groups (broad SMARTS) is 1. The SMILES string of the molecule is CC1CC(C(=O)O)C12CCC2. The first-order valence-electron chi connectivity index (χ1n) is 4.39. The van der Waals surface area contributed by atoms with Gasteiger partial charge in [0.25, 0.3) is 0 Å². The van der Waals surface area contributed by atoms with E-state index in [-0.39, 0.29) is 11.3 Å². The summed E-state index contributed by atoms with van der Waals surface area (Å²) in [5, 5.41) is 8.85. The minimum atomic E-state index is -0.567. The Balaban J connectivity index is 2.11. The molecular formula is C9H14O2. The molecule has 0 saturated heterocycles. The molecule has 0 radical (unpaired) electrons. The summed E-state index contributed by atoms with van der Waals surface area (Å²) in [4.78, 5) is 10.7. The molecule has 2 unspecified atom stereocenters. The average Bonchev–Trinajstić information content (AvgIpc) is 1.78. The molecule has 2 heteroatoms. The van der Waals surface area contributed by atoms with Crippen LogP contribution in [0.15, 0.2) is 0 Å². The summed E-state index contributed by atoms with van der Waals surface area (Å²) in [5.74, 6) is 0.0893. The second-order valence-electron chi connectivity index (χ2n) is 4.11. The van der Waals surface area contributed by atoms with Gasteiger partial charge in [0.15, 0.2) is 0 Å². The standard InChI is InChI=1S/C9H14O2/c1-6-5-7(8(10)11)9(6)3-2-4-9/h6-7H,2-5H2,1H3,(H,10,11). The lowest BCUT2D eigenvalue weighted by atomic mass is 9.45. The molecule has 0 aromatic rings. The van der Waals surface area contributed by atoms with Crippen LogP contribution in [-0.2, 0) is 4.79 Å². The molecule has 0 heterocycles. The second-order valence-corrected chi connectivity index (χ2v) is 4.11. The van der Waals surface area contributed by atoms with E-state index in [1.54, 1.807) is 0 Å². The van der Waals surface area contributed by atoms with Crippen molar-refractivity contribution in [2.24, 2.45) is 17.3 Å². The number of carbonyl (C=O) groups is 1. The van der Waals surface area contributed by atoms with Gasteiger partial charge in [-0.2, -0.15) is 0 Å². The minimum absolute atomic E-state index is 0.00810. The van der Waals surface area contributed by atoms with Crippen LogP contribution in [-0.4, -0.2) is 11.1 Å². The first kappa shape index (κ1) is 7.14. The monoisotopic (exact) mass is 154 g/mol. The van der Waals surface area contributed by atoms with Gasteiger partial charge in [-0.1, -0.05) is 13.3 Å². The highest BCUT2D eigenvalue weighted by atomic mass is 16.4. The zero-order chi connectivity index (χ0) is 8.06. The van der Waals surface area contributed by atoms with E-state index in [9.17, 15) is 4.79 Å². The smallest absolute Gasteiger partial charge is 0.307 e. The summed E-state index contributed by atoms with van der Waals surface area (Å²) in [6.07, 6.45) is 4.47. The van der Waals surface area contributed by atoms with Gasteiger partial charge in [0.2, 0.25) is 0 Å². The molecule has 0 aromatic carbocycles. The molecule has 2 atom stereocenters. The Morgan fingerprint density at radius 1 is 1.55 bits per heavy atom. The number of hydrogen-bond acceptors (Lipinski definition) is 1. The minimum Gasteiger partial charge on any atom is -0.481 e. The summed E-state index contributed by atoms with van der Waals surface area (Å²) in [6.45, 7) is 2.19. The summed E-state index contributed by atoms with van der Waals surface area (Å²) >= 11 is 0. The molecule has 2 rings (SSSR count). The molecule has 2 nitrogen and oxygen atoms in total. The van der Waals surface area contributed by atoms with Crippen molar-refractivity contribution in [1.29, 1.82) is 0 Å². The lowest BCUT2D eigenvalue weighted by Gasteiger charge is -2.59. The van der Waals surface area contributed by atoms with E-state index in [0.717, 1.165) is 19.3 Å². The first-order valence-corrected chi connectivity index (χ1v) is 4.39. The molecule has 2 saturated carbocycles.